The first-order valence-corrected chi connectivity index (χ1v) is 6.50. The SMILES string of the molecule is CCNC(c1ccncc1OC)c1c(OC)cnn1C. The van der Waals surface area contributed by atoms with Crippen molar-refractivity contribution in [2.45, 2.75) is 13.0 Å². The van der Waals surface area contributed by atoms with Gasteiger partial charge in [-0.2, -0.15) is 5.10 Å². The molecule has 0 aliphatic carbocycles. The number of nitrogens with one attached hydrogen (secondary N) is 1. The van der Waals surface area contributed by atoms with Gasteiger partial charge in [0.05, 0.1) is 32.7 Å². The molecular weight excluding hydrogens is 256 g/mol. The van der Waals surface area contributed by atoms with E-state index in [0.717, 1.165) is 29.3 Å². The van der Waals surface area contributed by atoms with E-state index in [-0.39, 0.29) is 6.04 Å². The number of hydrogen-bond acceptors (Lipinski definition) is 5. The lowest BCUT2D eigenvalue weighted by Gasteiger charge is -2.21. The summed E-state index contributed by atoms with van der Waals surface area (Å²) < 4.78 is 12.6. The Hall–Kier alpha value is -2.08. The molecule has 0 aromatic carbocycles. The third-order valence-corrected chi connectivity index (χ3v) is 3.20. The second kappa shape index (κ2) is 6.38. The Balaban J connectivity index is 2.53. The smallest absolute Gasteiger partial charge is 0.161 e. The number of aryl methyl sites for hydroxylation is 1. The van der Waals surface area contributed by atoms with Gasteiger partial charge in [-0.3, -0.25) is 9.67 Å². The van der Waals surface area contributed by atoms with Crippen LogP contribution in [0, 0.1) is 0 Å². The van der Waals surface area contributed by atoms with E-state index in [2.05, 4.69) is 22.3 Å². The van der Waals surface area contributed by atoms with Crippen molar-refractivity contribution in [3.05, 3.63) is 35.9 Å². The summed E-state index contributed by atoms with van der Waals surface area (Å²) in [5, 5.41) is 7.71. The zero-order valence-electron chi connectivity index (χ0n) is 12.3. The molecule has 0 bridgehead atoms. The van der Waals surface area contributed by atoms with Crippen molar-refractivity contribution in [3.63, 3.8) is 0 Å². The maximum atomic E-state index is 5.41. The van der Waals surface area contributed by atoms with Crippen LogP contribution in [0.25, 0.3) is 0 Å². The van der Waals surface area contributed by atoms with Gasteiger partial charge in [-0.05, 0) is 12.6 Å². The van der Waals surface area contributed by atoms with Gasteiger partial charge in [0.2, 0.25) is 0 Å². The predicted octanol–water partition coefficient (Wildman–Crippen LogP) is 1.53. The summed E-state index contributed by atoms with van der Waals surface area (Å²) in [7, 11) is 5.19. The van der Waals surface area contributed by atoms with Crippen molar-refractivity contribution >= 4 is 0 Å². The molecule has 0 spiro atoms. The highest BCUT2D eigenvalue weighted by Crippen LogP contribution is 2.33. The van der Waals surface area contributed by atoms with Crippen LogP contribution in [0.5, 0.6) is 11.5 Å². The van der Waals surface area contributed by atoms with Gasteiger partial charge in [0, 0.05) is 18.8 Å². The minimum Gasteiger partial charge on any atom is -0.495 e. The number of nitrogens with zero attached hydrogens (tertiary/aromatic N) is 3. The van der Waals surface area contributed by atoms with Crippen LogP contribution < -0.4 is 14.8 Å². The van der Waals surface area contributed by atoms with Gasteiger partial charge in [0.25, 0.3) is 0 Å². The lowest BCUT2D eigenvalue weighted by atomic mass is 10.0. The fourth-order valence-electron chi connectivity index (χ4n) is 2.27. The molecule has 1 unspecified atom stereocenters. The molecule has 2 heterocycles. The molecular formula is C14H20N4O2. The van der Waals surface area contributed by atoms with Crippen LogP contribution in [0.3, 0.4) is 0 Å². The molecule has 2 aromatic rings. The maximum absolute atomic E-state index is 5.41. The van der Waals surface area contributed by atoms with E-state index in [1.165, 1.54) is 0 Å². The van der Waals surface area contributed by atoms with Gasteiger partial charge in [0.15, 0.2) is 5.75 Å². The summed E-state index contributed by atoms with van der Waals surface area (Å²) >= 11 is 0. The van der Waals surface area contributed by atoms with Crippen molar-refractivity contribution in [1.82, 2.24) is 20.1 Å². The highest BCUT2D eigenvalue weighted by Gasteiger charge is 2.24. The van der Waals surface area contributed by atoms with Crippen LogP contribution in [0.4, 0.5) is 0 Å². The summed E-state index contributed by atoms with van der Waals surface area (Å²) in [5.41, 5.74) is 1.96. The molecule has 6 heteroatoms. The van der Waals surface area contributed by atoms with E-state index < -0.39 is 0 Å². The van der Waals surface area contributed by atoms with Crippen molar-refractivity contribution in [2.75, 3.05) is 20.8 Å². The zero-order valence-corrected chi connectivity index (χ0v) is 12.3. The molecule has 20 heavy (non-hydrogen) atoms. The number of rotatable bonds is 6. The average molecular weight is 276 g/mol. The van der Waals surface area contributed by atoms with Crippen LogP contribution in [0.1, 0.15) is 24.2 Å². The monoisotopic (exact) mass is 276 g/mol. The van der Waals surface area contributed by atoms with Crippen molar-refractivity contribution in [3.8, 4) is 11.5 Å². The Morgan fingerprint density at radius 2 is 2.00 bits per heavy atom. The molecule has 2 aromatic heterocycles. The van der Waals surface area contributed by atoms with Crippen molar-refractivity contribution < 1.29 is 9.47 Å². The molecule has 0 aliphatic rings. The lowest BCUT2D eigenvalue weighted by Crippen LogP contribution is -2.25. The van der Waals surface area contributed by atoms with Gasteiger partial charge in [-0.1, -0.05) is 6.92 Å². The molecule has 0 fully saturated rings. The largest absolute Gasteiger partial charge is 0.495 e. The minimum absolute atomic E-state index is 0.0691. The Kier molecular flexibility index (Phi) is 4.57. The summed E-state index contributed by atoms with van der Waals surface area (Å²) in [6, 6.07) is 1.87. The van der Waals surface area contributed by atoms with Crippen LogP contribution in [0.2, 0.25) is 0 Å². The van der Waals surface area contributed by atoms with E-state index in [4.69, 9.17) is 9.47 Å². The quantitative estimate of drug-likeness (QED) is 0.867. The molecule has 0 saturated carbocycles. The van der Waals surface area contributed by atoms with E-state index in [0.29, 0.717) is 0 Å². The number of methoxy groups -OCH3 is 2. The van der Waals surface area contributed by atoms with Gasteiger partial charge in [0.1, 0.15) is 11.4 Å². The first kappa shape index (κ1) is 14.3. The molecule has 0 amide bonds. The second-order valence-corrected chi connectivity index (χ2v) is 4.33. The molecule has 0 saturated heterocycles. The van der Waals surface area contributed by atoms with Crippen molar-refractivity contribution in [2.24, 2.45) is 7.05 Å². The Labute approximate surface area is 118 Å². The predicted molar refractivity (Wildman–Crippen MR) is 76.1 cm³/mol. The van der Waals surface area contributed by atoms with E-state index >= 15 is 0 Å². The molecule has 6 nitrogen and oxygen atoms in total. The topological polar surface area (TPSA) is 61.2 Å². The minimum atomic E-state index is -0.0691. The zero-order chi connectivity index (χ0) is 14.5. The number of ether oxygens (including phenoxy) is 2. The summed E-state index contributed by atoms with van der Waals surface area (Å²) in [6.45, 7) is 2.87. The Morgan fingerprint density at radius 3 is 2.65 bits per heavy atom. The van der Waals surface area contributed by atoms with Gasteiger partial charge in [-0.25, -0.2) is 0 Å². The standard InChI is InChI=1S/C14H20N4O2/c1-5-16-13(10-6-7-15-8-11(10)19-3)14-12(20-4)9-17-18(14)2/h6-9,13,16H,5H2,1-4H3. The van der Waals surface area contributed by atoms with E-state index in [9.17, 15) is 0 Å². The van der Waals surface area contributed by atoms with Crippen LogP contribution in [-0.2, 0) is 7.05 Å². The van der Waals surface area contributed by atoms with Crippen LogP contribution >= 0.6 is 0 Å². The van der Waals surface area contributed by atoms with Gasteiger partial charge < -0.3 is 14.8 Å². The highest BCUT2D eigenvalue weighted by atomic mass is 16.5. The van der Waals surface area contributed by atoms with Gasteiger partial charge in [-0.15, -0.1) is 0 Å². The van der Waals surface area contributed by atoms with Crippen LogP contribution in [0.15, 0.2) is 24.7 Å². The first-order valence-electron chi connectivity index (χ1n) is 6.50. The maximum Gasteiger partial charge on any atom is 0.161 e. The van der Waals surface area contributed by atoms with E-state index in [1.807, 2.05) is 17.8 Å². The van der Waals surface area contributed by atoms with E-state index in [1.54, 1.807) is 32.8 Å². The highest BCUT2D eigenvalue weighted by molar-refractivity contribution is 5.42. The Morgan fingerprint density at radius 1 is 1.25 bits per heavy atom. The summed E-state index contributed by atoms with van der Waals surface area (Å²) in [4.78, 5) is 4.10. The normalized spacial score (nSPS) is 12.2. The van der Waals surface area contributed by atoms with Crippen molar-refractivity contribution in [1.29, 1.82) is 0 Å². The third kappa shape index (κ3) is 2.60. The molecule has 0 aliphatic heterocycles. The number of hydrogen-bond donors (Lipinski definition) is 1. The second-order valence-electron chi connectivity index (χ2n) is 4.33. The number of aromatic nitrogens is 3. The summed E-state index contributed by atoms with van der Waals surface area (Å²) in [6.07, 6.45) is 5.18. The lowest BCUT2D eigenvalue weighted by molar-refractivity contribution is 0.389. The van der Waals surface area contributed by atoms with Gasteiger partial charge >= 0.3 is 0 Å². The Bertz CT molecular complexity index is 568. The fourth-order valence-corrected chi connectivity index (χ4v) is 2.27. The third-order valence-electron chi connectivity index (χ3n) is 3.20. The molecule has 0 radical (unpaired) electrons. The molecule has 2 rings (SSSR count). The molecule has 1 N–H and O–H groups in total. The average Bonchev–Trinajstić information content (AvgIpc) is 2.85. The van der Waals surface area contributed by atoms with Crippen LogP contribution in [-0.4, -0.2) is 35.5 Å². The number of pyridine rings is 1. The fraction of sp³-hybridized carbons (Fsp3) is 0.429. The molecule has 108 valence electrons. The first-order chi connectivity index (χ1) is 9.72. The molecule has 1 atom stereocenters. The summed E-state index contributed by atoms with van der Waals surface area (Å²) in [5.74, 6) is 1.49.